The molecule has 16 heteroatoms. The van der Waals surface area contributed by atoms with Crippen LogP contribution in [0.5, 0.6) is 0 Å². The van der Waals surface area contributed by atoms with Crippen molar-refractivity contribution >= 4 is 35.0 Å². The lowest BCUT2D eigenvalue weighted by Crippen LogP contribution is -2.66. The maximum Gasteiger partial charge on any atom is 0.261 e. The van der Waals surface area contributed by atoms with Crippen LogP contribution in [0, 0.1) is 0 Å². The zero-order valence-electron chi connectivity index (χ0n) is 27.7. The van der Waals surface area contributed by atoms with Crippen molar-refractivity contribution in [1.29, 1.82) is 0 Å². The maximum absolute atomic E-state index is 13.3. The molecule has 0 aliphatic carbocycles. The zero-order chi connectivity index (χ0) is 36.7. The molecule has 4 aliphatic rings. The first-order valence-corrected chi connectivity index (χ1v) is 17.0. The molecule has 5 N–H and O–H groups in total. The Kier molecular flexibility index (Phi) is 10.7. The summed E-state index contributed by atoms with van der Waals surface area (Å²) in [5.74, 6) is -1.56. The van der Waals surface area contributed by atoms with E-state index >= 15 is 0 Å². The lowest BCUT2D eigenvalue weighted by atomic mass is 9.96. The van der Waals surface area contributed by atoms with Crippen LogP contribution in [-0.2, 0) is 39.8 Å². The summed E-state index contributed by atoms with van der Waals surface area (Å²) in [4.78, 5) is 39.2. The number of hydrogen-bond acceptors (Lipinski definition) is 13. The molecule has 4 heterocycles. The average Bonchev–Trinajstić information content (AvgIpc) is 3.38. The molecule has 7 rings (SSSR count). The van der Waals surface area contributed by atoms with Gasteiger partial charge in [-0.3, -0.25) is 19.3 Å². The largest absolute Gasteiger partial charge is 0.387 e. The molecule has 4 aliphatic heterocycles. The van der Waals surface area contributed by atoms with Crippen molar-refractivity contribution in [3.63, 3.8) is 0 Å². The van der Waals surface area contributed by atoms with Crippen LogP contribution in [0.15, 0.2) is 72.8 Å². The number of benzene rings is 3. The van der Waals surface area contributed by atoms with Gasteiger partial charge in [-0.25, -0.2) is 0 Å². The Morgan fingerprint density at radius 1 is 0.865 bits per heavy atom. The van der Waals surface area contributed by atoms with Crippen molar-refractivity contribution in [2.75, 3.05) is 18.5 Å². The molecule has 3 saturated heterocycles. The molecule has 15 nitrogen and oxygen atoms in total. The second kappa shape index (κ2) is 15.3. The molecule has 0 spiro atoms. The number of nitrogens with one attached hydrogen (secondary N) is 1. The molecule has 276 valence electrons. The van der Waals surface area contributed by atoms with Crippen molar-refractivity contribution in [2.45, 2.75) is 81.2 Å². The number of aliphatic hydroxyl groups is 4. The molecule has 0 aromatic heterocycles. The summed E-state index contributed by atoms with van der Waals surface area (Å²) in [5.41, 5.74) is 1.92. The van der Waals surface area contributed by atoms with Crippen LogP contribution in [0.25, 0.3) is 0 Å². The van der Waals surface area contributed by atoms with Crippen LogP contribution in [0.2, 0.25) is 5.02 Å². The number of ether oxygens (including phenoxy) is 6. The first-order chi connectivity index (χ1) is 25.0. The predicted octanol–water partition coefficient (Wildman–Crippen LogP) is 1.50. The van der Waals surface area contributed by atoms with Gasteiger partial charge in [0.2, 0.25) is 5.91 Å². The number of carbonyl (C=O) groups excluding carboxylic acids is 3. The van der Waals surface area contributed by atoms with Gasteiger partial charge in [0.25, 0.3) is 11.8 Å². The minimum absolute atomic E-state index is 0.0387. The standard InChI is InChI=1S/C36H37ClN2O13/c1-17(40)38-23-13-18(11-12-22(23)37)15-47-35-28(43)26(41)30(24(49-35)14-39-32(45)20-9-5-6-10-21(20)33(39)46)52-36-29(44)27(42)31-25(50-36)16-48-34(51-31)19-7-3-2-4-8-19/h2-13,24-31,34-36,41-44H,14-16H2,1H3,(H,38,40)/t24-,25-,26-,27-,28-,29-,30-,31-,34?,35-,36-/m1/s1. The monoisotopic (exact) mass is 740 g/mol. The van der Waals surface area contributed by atoms with E-state index in [0.717, 1.165) is 4.90 Å². The number of anilines is 1. The summed E-state index contributed by atoms with van der Waals surface area (Å²) in [7, 11) is 0. The quantitative estimate of drug-likeness (QED) is 0.198. The number of carbonyl (C=O) groups is 3. The first-order valence-electron chi connectivity index (χ1n) is 16.6. The minimum atomic E-state index is -1.77. The number of fused-ring (bicyclic) bond motifs is 2. The third kappa shape index (κ3) is 7.22. The highest BCUT2D eigenvalue weighted by atomic mass is 35.5. The van der Waals surface area contributed by atoms with Gasteiger partial charge in [0.15, 0.2) is 18.9 Å². The fraction of sp³-hybridized carbons (Fsp3) is 0.417. The number of rotatable bonds is 9. The maximum atomic E-state index is 13.3. The molecule has 0 bridgehead atoms. The van der Waals surface area contributed by atoms with Crippen LogP contribution < -0.4 is 5.32 Å². The van der Waals surface area contributed by atoms with Crippen molar-refractivity contribution in [3.8, 4) is 0 Å². The highest BCUT2D eigenvalue weighted by Crippen LogP contribution is 2.37. The van der Waals surface area contributed by atoms with Gasteiger partial charge in [-0.15, -0.1) is 0 Å². The van der Waals surface area contributed by atoms with Gasteiger partial charge in [0, 0.05) is 12.5 Å². The highest BCUT2D eigenvalue weighted by Gasteiger charge is 2.54. The molecule has 0 saturated carbocycles. The summed E-state index contributed by atoms with van der Waals surface area (Å²) in [6.45, 7) is 0.668. The number of amides is 3. The molecule has 3 fully saturated rings. The summed E-state index contributed by atoms with van der Waals surface area (Å²) in [6, 6.07) is 20.0. The molecule has 52 heavy (non-hydrogen) atoms. The summed E-state index contributed by atoms with van der Waals surface area (Å²) < 4.78 is 35.8. The molecule has 11 atom stereocenters. The number of halogens is 1. The molecule has 3 aromatic carbocycles. The van der Waals surface area contributed by atoms with E-state index < -0.39 is 86.1 Å². The topological polar surface area (TPSA) is 203 Å². The Hall–Kier alpha value is -3.84. The van der Waals surface area contributed by atoms with Crippen molar-refractivity contribution in [1.82, 2.24) is 4.90 Å². The fourth-order valence-electron chi connectivity index (χ4n) is 6.69. The smallest absolute Gasteiger partial charge is 0.261 e. The Labute approximate surface area is 302 Å². The number of hydrogen-bond donors (Lipinski definition) is 5. The summed E-state index contributed by atoms with van der Waals surface area (Å²) in [6.07, 6.45) is -15.4. The molecule has 3 amide bonds. The van der Waals surface area contributed by atoms with E-state index in [1.165, 1.54) is 19.1 Å². The van der Waals surface area contributed by atoms with Crippen LogP contribution in [0.1, 0.15) is 45.1 Å². The van der Waals surface area contributed by atoms with Crippen LogP contribution in [0.4, 0.5) is 5.69 Å². The second-order valence-electron chi connectivity index (χ2n) is 12.9. The second-order valence-corrected chi connectivity index (χ2v) is 13.3. The Morgan fingerprint density at radius 3 is 2.23 bits per heavy atom. The molecule has 0 radical (unpaired) electrons. The van der Waals surface area contributed by atoms with Gasteiger partial charge in [-0.05, 0) is 29.8 Å². The number of imide groups is 1. The molecular weight excluding hydrogens is 704 g/mol. The van der Waals surface area contributed by atoms with E-state index in [2.05, 4.69) is 5.32 Å². The normalized spacial score (nSPS) is 33.0. The van der Waals surface area contributed by atoms with Crippen molar-refractivity contribution in [3.05, 3.63) is 100 Å². The Morgan fingerprint density at radius 2 is 1.54 bits per heavy atom. The lowest BCUT2D eigenvalue weighted by Gasteiger charge is -2.49. The molecular formula is C36H37ClN2O13. The van der Waals surface area contributed by atoms with E-state index in [1.807, 2.05) is 18.2 Å². The van der Waals surface area contributed by atoms with E-state index in [4.69, 9.17) is 40.0 Å². The third-order valence-electron chi connectivity index (χ3n) is 9.33. The van der Waals surface area contributed by atoms with Gasteiger partial charge in [0.05, 0.1) is 41.6 Å². The van der Waals surface area contributed by atoms with E-state index in [9.17, 15) is 34.8 Å². The van der Waals surface area contributed by atoms with E-state index in [0.29, 0.717) is 16.8 Å². The van der Waals surface area contributed by atoms with E-state index in [-0.39, 0.29) is 35.3 Å². The Bertz CT molecular complexity index is 1760. The van der Waals surface area contributed by atoms with Gasteiger partial charge in [-0.1, -0.05) is 60.1 Å². The fourth-order valence-corrected chi connectivity index (χ4v) is 6.86. The number of aliphatic hydroxyl groups excluding tert-OH is 4. The molecule has 3 aromatic rings. The van der Waals surface area contributed by atoms with Gasteiger partial charge < -0.3 is 54.2 Å². The van der Waals surface area contributed by atoms with E-state index in [1.54, 1.807) is 42.5 Å². The third-order valence-corrected chi connectivity index (χ3v) is 9.66. The highest BCUT2D eigenvalue weighted by molar-refractivity contribution is 6.33. The zero-order valence-corrected chi connectivity index (χ0v) is 28.4. The summed E-state index contributed by atoms with van der Waals surface area (Å²) in [5, 5.41) is 47.9. The average molecular weight is 741 g/mol. The number of nitrogens with zero attached hydrogens (tertiary/aromatic N) is 1. The van der Waals surface area contributed by atoms with Gasteiger partial charge >= 0.3 is 0 Å². The Balaban J connectivity index is 1.10. The first kappa shape index (κ1) is 36.5. The van der Waals surface area contributed by atoms with Crippen LogP contribution in [0.3, 0.4) is 0 Å². The van der Waals surface area contributed by atoms with Crippen molar-refractivity contribution < 1.29 is 63.2 Å². The van der Waals surface area contributed by atoms with Crippen LogP contribution in [-0.4, -0.2) is 118 Å². The minimum Gasteiger partial charge on any atom is -0.387 e. The lowest BCUT2D eigenvalue weighted by molar-refractivity contribution is -0.385. The molecule has 1 unspecified atom stereocenters. The predicted molar refractivity (Wildman–Crippen MR) is 179 cm³/mol. The SMILES string of the molecule is CC(=O)Nc1cc(CO[C@@H]2O[C@H](CN3C(=O)c4ccccc4C3=O)[C@@H](O[C@H]3O[C@@H]4COC(c5ccccc5)O[C@H]4[C@H](O)[C@H]3O)[C@H](O)[C@H]2O)ccc1Cl. The summed E-state index contributed by atoms with van der Waals surface area (Å²) >= 11 is 6.19. The van der Waals surface area contributed by atoms with Crippen LogP contribution >= 0.6 is 11.6 Å². The van der Waals surface area contributed by atoms with Gasteiger partial charge in [0.1, 0.15) is 48.8 Å². The van der Waals surface area contributed by atoms with Crippen molar-refractivity contribution in [2.24, 2.45) is 0 Å². The van der Waals surface area contributed by atoms with Gasteiger partial charge in [-0.2, -0.15) is 0 Å².